The van der Waals surface area contributed by atoms with Crippen LogP contribution in [0.5, 0.6) is 0 Å². The molecule has 0 saturated carbocycles. The summed E-state index contributed by atoms with van der Waals surface area (Å²) >= 11 is 0. The van der Waals surface area contributed by atoms with Gasteiger partial charge >= 0.3 is 6.09 Å². The van der Waals surface area contributed by atoms with E-state index >= 15 is 0 Å². The number of hydrogen-bond acceptors (Lipinski definition) is 8. The molecule has 10 nitrogen and oxygen atoms in total. The summed E-state index contributed by atoms with van der Waals surface area (Å²) in [6.07, 6.45) is 1.84. The lowest BCUT2D eigenvalue weighted by atomic mass is 10.2. The van der Waals surface area contributed by atoms with Crippen LogP contribution < -0.4 is 5.32 Å². The van der Waals surface area contributed by atoms with Gasteiger partial charge in [0.05, 0.1) is 18.5 Å². The molecule has 0 aliphatic heterocycles. The number of carbonyl (C=O) groups excluding carboxylic acids is 1. The molecule has 0 unspecified atom stereocenters. The predicted octanol–water partition coefficient (Wildman–Crippen LogP) is 0.860. The Morgan fingerprint density at radius 1 is 1.35 bits per heavy atom. The first-order valence-electron chi connectivity index (χ1n) is 7.67. The van der Waals surface area contributed by atoms with Gasteiger partial charge in [-0.1, -0.05) is 17.3 Å². The number of aromatic nitrogens is 5. The summed E-state index contributed by atoms with van der Waals surface area (Å²) in [5.74, 6) is 0. The van der Waals surface area contributed by atoms with Crippen molar-refractivity contribution in [1.29, 1.82) is 0 Å². The van der Waals surface area contributed by atoms with Crippen LogP contribution in [0.25, 0.3) is 16.9 Å². The highest BCUT2D eigenvalue weighted by molar-refractivity contribution is 7.90. The van der Waals surface area contributed by atoms with Gasteiger partial charge in [0.1, 0.15) is 0 Å². The molecule has 3 aromatic rings. The van der Waals surface area contributed by atoms with E-state index in [2.05, 4.69) is 25.6 Å². The first-order chi connectivity index (χ1) is 12.4. The Kier molecular flexibility index (Phi) is 4.80. The van der Waals surface area contributed by atoms with Gasteiger partial charge in [0.15, 0.2) is 11.2 Å². The van der Waals surface area contributed by atoms with Gasteiger partial charge in [-0.3, -0.25) is 0 Å². The number of benzene rings is 1. The van der Waals surface area contributed by atoms with Crippen LogP contribution in [0.3, 0.4) is 0 Å². The summed E-state index contributed by atoms with van der Waals surface area (Å²) in [6, 6.07) is 7.15. The van der Waals surface area contributed by atoms with E-state index in [4.69, 9.17) is 4.74 Å². The number of amides is 1. The normalized spacial score (nSPS) is 11.5. The molecule has 11 heteroatoms. The zero-order valence-corrected chi connectivity index (χ0v) is 14.9. The zero-order valence-electron chi connectivity index (χ0n) is 14.1. The second-order valence-electron chi connectivity index (χ2n) is 5.38. The van der Waals surface area contributed by atoms with Crippen LogP contribution in [0.4, 0.5) is 4.79 Å². The molecule has 3 rings (SSSR count). The second kappa shape index (κ2) is 7.04. The maximum atomic E-state index is 11.7. The number of alkyl carbamates (subject to hydrolysis) is 1. The van der Waals surface area contributed by atoms with Crippen LogP contribution in [0.1, 0.15) is 12.5 Å². The summed E-state index contributed by atoms with van der Waals surface area (Å²) < 4.78 is 29.6. The number of hydrogen-bond donors (Lipinski definition) is 1. The molecule has 0 spiro atoms. The summed E-state index contributed by atoms with van der Waals surface area (Å²) in [4.78, 5) is 19.3. The Morgan fingerprint density at radius 3 is 2.88 bits per heavy atom. The fraction of sp³-hybridized carbons (Fsp3) is 0.267. The number of ether oxygens (including phenoxy) is 1. The minimum atomic E-state index is -3.56. The third-order valence-corrected chi connectivity index (χ3v) is 4.23. The maximum Gasteiger partial charge on any atom is 0.407 e. The van der Waals surface area contributed by atoms with Gasteiger partial charge in [-0.2, -0.15) is 9.67 Å². The monoisotopic (exact) mass is 376 g/mol. The van der Waals surface area contributed by atoms with Crippen LogP contribution >= 0.6 is 0 Å². The van der Waals surface area contributed by atoms with E-state index in [0.717, 1.165) is 11.8 Å². The smallest absolute Gasteiger partial charge is 0.407 e. The highest BCUT2D eigenvalue weighted by Crippen LogP contribution is 2.16. The average Bonchev–Trinajstić information content (AvgIpc) is 3.03. The number of nitrogens with one attached hydrogen (secondary N) is 1. The lowest BCUT2D eigenvalue weighted by Crippen LogP contribution is -2.23. The maximum absolute atomic E-state index is 11.7. The summed E-state index contributed by atoms with van der Waals surface area (Å²) in [7, 11) is -3.56. The van der Waals surface area contributed by atoms with Crippen molar-refractivity contribution in [3.05, 3.63) is 36.0 Å². The van der Waals surface area contributed by atoms with Crippen LogP contribution in [0.15, 0.2) is 35.6 Å². The van der Waals surface area contributed by atoms with Crippen LogP contribution in [0.2, 0.25) is 0 Å². The first-order valence-corrected chi connectivity index (χ1v) is 9.56. The van der Waals surface area contributed by atoms with Crippen molar-refractivity contribution in [3.63, 3.8) is 0 Å². The van der Waals surface area contributed by atoms with Gasteiger partial charge in [0.2, 0.25) is 15.0 Å². The van der Waals surface area contributed by atoms with Crippen LogP contribution in [0, 0.1) is 0 Å². The van der Waals surface area contributed by atoms with Crippen LogP contribution in [-0.4, -0.2) is 52.3 Å². The molecule has 2 aromatic heterocycles. The fourth-order valence-electron chi connectivity index (χ4n) is 2.22. The molecular weight excluding hydrogens is 360 g/mol. The standard InChI is InChI=1S/C15H16N6O4S/c1-3-25-15(22)17-8-10-5-4-6-11(7-10)21-13-12(19-20-21)9-16-14(18-13)26(2,23)24/h4-7,9H,3,8H2,1-2H3,(H,17,22). The lowest BCUT2D eigenvalue weighted by molar-refractivity contribution is 0.151. The molecule has 2 heterocycles. The summed E-state index contributed by atoms with van der Waals surface area (Å²) in [5, 5.41) is 10.3. The minimum absolute atomic E-state index is 0.267. The molecule has 1 aromatic carbocycles. The molecule has 136 valence electrons. The van der Waals surface area contributed by atoms with Crippen molar-refractivity contribution >= 4 is 27.1 Å². The average molecular weight is 376 g/mol. The Bertz CT molecular complexity index is 1060. The van der Waals surface area contributed by atoms with Gasteiger partial charge in [0, 0.05) is 12.8 Å². The minimum Gasteiger partial charge on any atom is -0.450 e. The predicted molar refractivity (Wildman–Crippen MR) is 91.4 cm³/mol. The number of nitrogens with zero attached hydrogens (tertiary/aromatic N) is 5. The topological polar surface area (TPSA) is 129 Å². The van der Waals surface area contributed by atoms with Crippen LogP contribution in [-0.2, 0) is 21.1 Å². The van der Waals surface area contributed by atoms with E-state index < -0.39 is 15.9 Å². The highest BCUT2D eigenvalue weighted by Gasteiger charge is 2.16. The van der Waals surface area contributed by atoms with Crippen molar-refractivity contribution in [2.75, 3.05) is 12.9 Å². The Hall–Kier alpha value is -3.08. The third-order valence-electron chi connectivity index (χ3n) is 3.37. The molecular formula is C15H16N6O4S. The molecule has 1 N–H and O–H groups in total. The SMILES string of the molecule is CCOC(=O)NCc1cccc(-n2nnc3cnc(S(C)(=O)=O)nc32)c1. The Balaban J connectivity index is 1.94. The molecule has 0 fully saturated rings. The number of carbonyl (C=O) groups is 1. The van der Waals surface area contributed by atoms with Crippen molar-refractivity contribution in [2.45, 2.75) is 18.6 Å². The first kappa shape index (κ1) is 17.7. The Labute approximate surface area is 149 Å². The molecule has 0 saturated heterocycles. The molecule has 26 heavy (non-hydrogen) atoms. The molecule has 0 aliphatic rings. The fourth-order valence-corrected chi connectivity index (χ4v) is 2.72. The highest BCUT2D eigenvalue weighted by atomic mass is 32.2. The van der Waals surface area contributed by atoms with Crippen molar-refractivity contribution in [3.8, 4) is 5.69 Å². The lowest BCUT2D eigenvalue weighted by Gasteiger charge is -2.07. The number of fused-ring (bicyclic) bond motifs is 1. The molecule has 0 aliphatic carbocycles. The van der Waals surface area contributed by atoms with Gasteiger partial charge in [-0.25, -0.2) is 18.2 Å². The number of rotatable bonds is 5. The van der Waals surface area contributed by atoms with E-state index in [-0.39, 0.29) is 17.3 Å². The van der Waals surface area contributed by atoms with E-state index in [9.17, 15) is 13.2 Å². The summed E-state index contributed by atoms with van der Waals surface area (Å²) in [5.41, 5.74) is 2.06. The molecule has 0 bridgehead atoms. The van der Waals surface area contributed by atoms with Crippen molar-refractivity contribution in [2.24, 2.45) is 0 Å². The van der Waals surface area contributed by atoms with Crippen molar-refractivity contribution in [1.82, 2.24) is 30.3 Å². The molecule has 1 amide bonds. The third kappa shape index (κ3) is 3.77. The van der Waals surface area contributed by atoms with Gasteiger partial charge in [0.25, 0.3) is 0 Å². The van der Waals surface area contributed by atoms with Gasteiger partial charge in [-0.05, 0) is 24.6 Å². The number of sulfone groups is 1. The quantitative estimate of drug-likeness (QED) is 0.649. The van der Waals surface area contributed by atoms with Crippen molar-refractivity contribution < 1.29 is 17.9 Å². The van der Waals surface area contributed by atoms with E-state index in [1.165, 1.54) is 10.9 Å². The van der Waals surface area contributed by atoms with Gasteiger partial charge in [-0.15, -0.1) is 5.10 Å². The summed E-state index contributed by atoms with van der Waals surface area (Å²) in [6.45, 7) is 2.28. The molecule has 0 radical (unpaired) electrons. The largest absolute Gasteiger partial charge is 0.450 e. The second-order valence-corrected chi connectivity index (χ2v) is 7.29. The Morgan fingerprint density at radius 2 is 2.15 bits per heavy atom. The van der Waals surface area contributed by atoms with E-state index in [1.54, 1.807) is 25.1 Å². The zero-order chi connectivity index (χ0) is 18.7. The van der Waals surface area contributed by atoms with E-state index in [0.29, 0.717) is 17.8 Å². The molecule has 0 atom stereocenters. The van der Waals surface area contributed by atoms with E-state index in [1.807, 2.05) is 6.07 Å². The van der Waals surface area contributed by atoms with Gasteiger partial charge < -0.3 is 10.1 Å².